The monoisotopic (exact) mass is 246 g/mol. The van der Waals surface area contributed by atoms with Gasteiger partial charge in [0.15, 0.2) is 0 Å². The first-order valence-electron chi connectivity index (χ1n) is 4.59. The molecular weight excluding hydrogens is 235 g/mol. The summed E-state index contributed by atoms with van der Waals surface area (Å²) in [6.45, 7) is 2.28. The summed E-state index contributed by atoms with van der Waals surface area (Å²) in [5, 5.41) is 9.44. The largest absolute Gasteiger partial charge is 0.508 e. The maximum absolute atomic E-state index is 9.44. The fraction of sp³-hybridized carbons (Fsp3) is 0.273. The normalized spacial score (nSPS) is 9.80. The Labute approximate surface area is 99.1 Å². The molecule has 2 nitrogen and oxygen atoms in total. The summed E-state index contributed by atoms with van der Waals surface area (Å²) in [5.74, 6) is 0.978. The first kappa shape index (κ1) is 12.2. The second-order valence-electron chi connectivity index (χ2n) is 2.95. The molecule has 0 aliphatic rings. The van der Waals surface area contributed by atoms with Crippen LogP contribution in [0.3, 0.4) is 0 Å². The molecule has 15 heavy (non-hydrogen) atoms. The molecule has 0 bridgehead atoms. The summed E-state index contributed by atoms with van der Waals surface area (Å²) in [4.78, 5) is 0. The Morgan fingerprint density at radius 1 is 1.47 bits per heavy atom. The van der Waals surface area contributed by atoms with Crippen LogP contribution < -0.4 is 4.74 Å². The summed E-state index contributed by atoms with van der Waals surface area (Å²) in [6.07, 6.45) is 2.32. The topological polar surface area (TPSA) is 29.5 Å². The first-order valence-corrected chi connectivity index (χ1v) is 5.35. The van der Waals surface area contributed by atoms with Crippen molar-refractivity contribution in [3.05, 3.63) is 34.3 Å². The molecular formula is C11H12Cl2O2. The fourth-order valence-corrected chi connectivity index (χ4v) is 1.26. The molecule has 1 N–H and O–H groups in total. The molecule has 0 aliphatic heterocycles. The number of phenolic OH excluding ortho intramolecular Hbond substituents is 1. The van der Waals surface area contributed by atoms with Crippen LogP contribution in [0.2, 0.25) is 0 Å². The lowest BCUT2D eigenvalue weighted by atomic mass is 10.1. The molecule has 0 fully saturated rings. The van der Waals surface area contributed by atoms with Gasteiger partial charge in [-0.3, -0.25) is 0 Å². The number of aromatic hydroxyl groups is 1. The molecule has 0 radical (unpaired) electrons. The van der Waals surface area contributed by atoms with Crippen molar-refractivity contribution >= 4 is 23.2 Å². The van der Waals surface area contributed by atoms with Crippen LogP contribution in [0, 0.1) is 0 Å². The van der Waals surface area contributed by atoms with E-state index in [4.69, 9.17) is 27.9 Å². The highest BCUT2D eigenvalue weighted by Crippen LogP contribution is 2.23. The van der Waals surface area contributed by atoms with Crippen LogP contribution in [0.1, 0.15) is 12.5 Å². The molecule has 0 saturated heterocycles. The van der Waals surface area contributed by atoms with Crippen molar-refractivity contribution in [1.82, 2.24) is 0 Å². The zero-order valence-corrected chi connectivity index (χ0v) is 9.85. The van der Waals surface area contributed by atoms with E-state index in [2.05, 4.69) is 0 Å². The van der Waals surface area contributed by atoms with Crippen LogP contribution in [-0.4, -0.2) is 11.7 Å². The van der Waals surface area contributed by atoms with Crippen LogP contribution in [0.25, 0.3) is 0 Å². The van der Waals surface area contributed by atoms with Gasteiger partial charge in [-0.1, -0.05) is 30.1 Å². The van der Waals surface area contributed by atoms with Crippen molar-refractivity contribution in [2.75, 3.05) is 6.61 Å². The minimum Gasteiger partial charge on any atom is -0.508 e. The highest BCUT2D eigenvalue weighted by Gasteiger charge is 2.00. The van der Waals surface area contributed by atoms with Gasteiger partial charge in [0, 0.05) is 0 Å². The van der Waals surface area contributed by atoms with E-state index in [9.17, 15) is 5.11 Å². The second-order valence-corrected chi connectivity index (χ2v) is 3.96. The van der Waals surface area contributed by atoms with Crippen LogP contribution in [0.4, 0.5) is 0 Å². The van der Waals surface area contributed by atoms with Gasteiger partial charge in [-0.05, 0) is 36.3 Å². The molecule has 0 aromatic heterocycles. The van der Waals surface area contributed by atoms with E-state index in [1.807, 2.05) is 6.92 Å². The Balaban J connectivity index is 2.66. The third kappa shape index (κ3) is 4.02. The zero-order valence-electron chi connectivity index (χ0n) is 8.34. The van der Waals surface area contributed by atoms with Crippen molar-refractivity contribution in [3.63, 3.8) is 0 Å². The number of ether oxygens (including phenoxy) is 1. The third-order valence-corrected chi connectivity index (χ3v) is 2.23. The van der Waals surface area contributed by atoms with Crippen molar-refractivity contribution in [3.8, 4) is 11.5 Å². The van der Waals surface area contributed by atoms with Gasteiger partial charge in [-0.2, -0.15) is 0 Å². The summed E-state index contributed by atoms with van der Waals surface area (Å²) < 4.78 is 5.54. The smallest absolute Gasteiger partial charge is 0.120 e. The van der Waals surface area contributed by atoms with Crippen LogP contribution in [0.15, 0.2) is 28.8 Å². The molecule has 4 heteroatoms. The predicted octanol–water partition coefficient (Wildman–Crippen LogP) is 3.65. The van der Waals surface area contributed by atoms with Crippen molar-refractivity contribution in [2.45, 2.75) is 13.3 Å². The molecule has 82 valence electrons. The lowest BCUT2D eigenvalue weighted by Crippen LogP contribution is -1.94. The van der Waals surface area contributed by atoms with Crippen LogP contribution in [-0.2, 0) is 6.42 Å². The molecule has 0 heterocycles. The van der Waals surface area contributed by atoms with Gasteiger partial charge in [-0.15, -0.1) is 0 Å². The maximum Gasteiger partial charge on any atom is 0.120 e. The highest BCUT2D eigenvalue weighted by molar-refractivity contribution is 6.55. The van der Waals surface area contributed by atoms with Gasteiger partial charge >= 0.3 is 0 Å². The number of benzene rings is 1. The summed E-state index contributed by atoms with van der Waals surface area (Å²) >= 11 is 10.9. The third-order valence-electron chi connectivity index (χ3n) is 1.92. The van der Waals surface area contributed by atoms with Gasteiger partial charge < -0.3 is 9.84 Å². The number of phenols is 1. The number of halogens is 2. The van der Waals surface area contributed by atoms with Gasteiger partial charge in [0.1, 0.15) is 22.6 Å². The Morgan fingerprint density at radius 2 is 2.20 bits per heavy atom. The Morgan fingerprint density at radius 3 is 2.80 bits per heavy atom. The van der Waals surface area contributed by atoms with E-state index in [1.54, 1.807) is 24.3 Å². The number of hydrogen-bond acceptors (Lipinski definition) is 2. The zero-order chi connectivity index (χ0) is 11.3. The quantitative estimate of drug-likeness (QED) is 0.879. The van der Waals surface area contributed by atoms with E-state index < -0.39 is 0 Å². The summed E-state index contributed by atoms with van der Waals surface area (Å²) in [6, 6.07) is 5.11. The molecule has 1 aromatic rings. The average molecular weight is 247 g/mol. The molecule has 0 amide bonds. The van der Waals surface area contributed by atoms with E-state index in [0.717, 1.165) is 12.0 Å². The lowest BCUT2D eigenvalue weighted by Gasteiger charge is -2.06. The van der Waals surface area contributed by atoms with Gasteiger partial charge in [0.25, 0.3) is 0 Å². The number of rotatable bonds is 4. The Hall–Kier alpha value is -0.860. The fourth-order valence-electron chi connectivity index (χ4n) is 1.14. The summed E-state index contributed by atoms with van der Waals surface area (Å²) in [7, 11) is 0. The predicted molar refractivity (Wildman–Crippen MR) is 62.8 cm³/mol. The molecule has 0 unspecified atom stereocenters. The van der Waals surface area contributed by atoms with Crippen LogP contribution in [0.5, 0.6) is 11.5 Å². The van der Waals surface area contributed by atoms with E-state index >= 15 is 0 Å². The number of hydrogen-bond donors (Lipinski definition) is 1. The standard InChI is InChI=1S/C11H12Cl2O2/c1-2-8-7-9(3-4-10(8)14)15-6-5-11(12)13/h3-5,7,14H,2,6H2,1H3. The van der Waals surface area contributed by atoms with Crippen molar-refractivity contribution in [2.24, 2.45) is 0 Å². The second kappa shape index (κ2) is 5.89. The minimum atomic E-state index is 0.185. The molecule has 0 saturated carbocycles. The van der Waals surface area contributed by atoms with Gasteiger partial charge in [-0.25, -0.2) is 0 Å². The van der Waals surface area contributed by atoms with Crippen molar-refractivity contribution < 1.29 is 9.84 Å². The minimum absolute atomic E-state index is 0.185. The van der Waals surface area contributed by atoms with E-state index in [0.29, 0.717) is 12.4 Å². The SMILES string of the molecule is CCc1cc(OCC=C(Cl)Cl)ccc1O. The van der Waals surface area contributed by atoms with E-state index in [-0.39, 0.29) is 10.2 Å². The molecule has 1 rings (SSSR count). The molecule has 0 atom stereocenters. The van der Waals surface area contributed by atoms with Crippen molar-refractivity contribution in [1.29, 1.82) is 0 Å². The van der Waals surface area contributed by atoms with Crippen LogP contribution >= 0.6 is 23.2 Å². The Kier molecular flexibility index (Phi) is 4.79. The van der Waals surface area contributed by atoms with E-state index in [1.165, 1.54) is 0 Å². The average Bonchev–Trinajstić information content (AvgIpc) is 2.20. The first-order chi connectivity index (χ1) is 7.13. The highest BCUT2D eigenvalue weighted by atomic mass is 35.5. The maximum atomic E-state index is 9.44. The van der Waals surface area contributed by atoms with Gasteiger partial charge in [0.2, 0.25) is 0 Å². The number of aryl methyl sites for hydroxylation is 1. The van der Waals surface area contributed by atoms with Gasteiger partial charge in [0.05, 0.1) is 0 Å². The lowest BCUT2D eigenvalue weighted by molar-refractivity contribution is 0.361. The molecule has 1 aromatic carbocycles. The molecule has 0 spiro atoms. The Bertz CT molecular complexity index is 358. The summed E-state index contributed by atoms with van der Waals surface area (Å²) in [5.41, 5.74) is 0.855. The molecule has 0 aliphatic carbocycles.